The third kappa shape index (κ3) is 5.76. The van der Waals surface area contributed by atoms with Crippen LogP contribution in [0.1, 0.15) is 17.8 Å². The van der Waals surface area contributed by atoms with Crippen molar-refractivity contribution in [3.05, 3.63) is 102 Å². The average Bonchev–Trinajstić information content (AvgIpc) is 2.79. The van der Waals surface area contributed by atoms with E-state index < -0.39 is 0 Å². The van der Waals surface area contributed by atoms with Gasteiger partial charge >= 0.3 is 5.97 Å². The lowest BCUT2D eigenvalue weighted by Gasteiger charge is -2.10. The van der Waals surface area contributed by atoms with Crippen LogP contribution in [-0.2, 0) is 11.2 Å². The van der Waals surface area contributed by atoms with Crippen molar-refractivity contribution in [1.29, 1.82) is 0 Å². The SMILES string of the molecule is Cc1nc(Nc2cccc(OC(=O)CCc3ccccc3)c2)cc(-c2ccccc2)n1. The Labute approximate surface area is 181 Å². The van der Waals surface area contributed by atoms with Crippen LogP contribution in [0.2, 0.25) is 0 Å². The molecule has 1 aromatic heterocycles. The zero-order valence-electron chi connectivity index (χ0n) is 17.3. The predicted octanol–water partition coefficient (Wildman–Crippen LogP) is 5.73. The molecule has 0 spiro atoms. The minimum Gasteiger partial charge on any atom is -0.426 e. The largest absolute Gasteiger partial charge is 0.426 e. The van der Waals surface area contributed by atoms with Crippen molar-refractivity contribution in [2.24, 2.45) is 0 Å². The van der Waals surface area contributed by atoms with Gasteiger partial charge in [-0.2, -0.15) is 0 Å². The van der Waals surface area contributed by atoms with Gasteiger partial charge in [0.1, 0.15) is 17.4 Å². The molecule has 3 aromatic carbocycles. The summed E-state index contributed by atoms with van der Waals surface area (Å²) in [5, 5.41) is 3.28. The molecule has 4 aromatic rings. The number of esters is 1. The number of ether oxygens (including phenoxy) is 1. The molecule has 0 atom stereocenters. The number of aryl methyl sites for hydroxylation is 2. The summed E-state index contributed by atoms with van der Waals surface area (Å²) >= 11 is 0. The topological polar surface area (TPSA) is 64.1 Å². The van der Waals surface area contributed by atoms with Gasteiger partial charge in [0.15, 0.2) is 0 Å². The molecule has 31 heavy (non-hydrogen) atoms. The Morgan fingerprint density at radius 1 is 0.871 bits per heavy atom. The van der Waals surface area contributed by atoms with Gasteiger partial charge in [-0.15, -0.1) is 0 Å². The molecule has 5 heteroatoms. The maximum Gasteiger partial charge on any atom is 0.311 e. The Hall–Kier alpha value is -3.99. The van der Waals surface area contributed by atoms with Gasteiger partial charge in [-0.25, -0.2) is 9.97 Å². The van der Waals surface area contributed by atoms with Crippen molar-refractivity contribution in [3.63, 3.8) is 0 Å². The fraction of sp³-hybridized carbons (Fsp3) is 0.115. The van der Waals surface area contributed by atoms with E-state index in [0.717, 1.165) is 22.5 Å². The Balaban J connectivity index is 1.43. The van der Waals surface area contributed by atoms with Crippen LogP contribution in [0.15, 0.2) is 91.0 Å². The number of carbonyl (C=O) groups excluding carboxylic acids is 1. The van der Waals surface area contributed by atoms with Crippen molar-refractivity contribution in [1.82, 2.24) is 9.97 Å². The van der Waals surface area contributed by atoms with Crippen molar-refractivity contribution in [3.8, 4) is 17.0 Å². The van der Waals surface area contributed by atoms with Gasteiger partial charge in [-0.3, -0.25) is 4.79 Å². The monoisotopic (exact) mass is 409 g/mol. The van der Waals surface area contributed by atoms with Gasteiger partial charge in [0.2, 0.25) is 0 Å². The fourth-order valence-electron chi connectivity index (χ4n) is 3.25. The van der Waals surface area contributed by atoms with Gasteiger partial charge in [0.25, 0.3) is 0 Å². The lowest BCUT2D eigenvalue weighted by Crippen LogP contribution is -2.09. The highest BCUT2D eigenvalue weighted by Gasteiger charge is 2.08. The first kappa shape index (κ1) is 20.3. The van der Waals surface area contributed by atoms with E-state index >= 15 is 0 Å². The summed E-state index contributed by atoms with van der Waals surface area (Å²) < 4.78 is 5.52. The van der Waals surface area contributed by atoms with Crippen LogP contribution in [0.3, 0.4) is 0 Å². The molecule has 0 bridgehead atoms. The summed E-state index contributed by atoms with van der Waals surface area (Å²) in [6, 6.07) is 29.1. The molecule has 5 nitrogen and oxygen atoms in total. The second-order valence-electron chi connectivity index (χ2n) is 7.16. The number of nitrogens with zero attached hydrogens (tertiary/aromatic N) is 2. The average molecular weight is 409 g/mol. The molecule has 154 valence electrons. The first-order valence-electron chi connectivity index (χ1n) is 10.2. The second kappa shape index (κ2) is 9.67. The minimum absolute atomic E-state index is 0.259. The second-order valence-corrected chi connectivity index (χ2v) is 7.16. The molecule has 0 saturated heterocycles. The van der Waals surface area contributed by atoms with Gasteiger partial charge < -0.3 is 10.1 Å². The van der Waals surface area contributed by atoms with E-state index in [1.54, 1.807) is 12.1 Å². The van der Waals surface area contributed by atoms with Crippen LogP contribution in [-0.4, -0.2) is 15.9 Å². The molecular formula is C26H23N3O2. The van der Waals surface area contributed by atoms with Crippen molar-refractivity contribution in [2.45, 2.75) is 19.8 Å². The molecule has 0 fully saturated rings. The summed E-state index contributed by atoms with van der Waals surface area (Å²) in [6.45, 7) is 1.86. The summed E-state index contributed by atoms with van der Waals surface area (Å²) in [4.78, 5) is 21.2. The Morgan fingerprint density at radius 2 is 1.61 bits per heavy atom. The van der Waals surface area contributed by atoms with Crippen LogP contribution < -0.4 is 10.1 Å². The van der Waals surface area contributed by atoms with Crippen molar-refractivity contribution in [2.75, 3.05) is 5.32 Å². The summed E-state index contributed by atoms with van der Waals surface area (Å²) in [6.07, 6.45) is 0.979. The van der Waals surface area contributed by atoms with Crippen LogP contribution in [0.5, 0.6) is 5.75 Å². The number of rotatable bonds is 7. The Bertz CT molecular complexity index is 1160. The zero-order chi connectivity index (χ0) is 21.5. The van der Waals surface area contributed by atoms with Crippen LogP contribution in [0.25, 0.3) is 11.3 Å². The number of aromatic nitrogens is 2. The van der Waals surface area contributed by atoms with E-state index in [-0.39, 0.29) is 5.97 Å². The van der Waals surface area contributed by atoms with E-state index in [0.29, 0.717) is 30.2 Å². The molecular weight excluding hydrogens is 386 g/mol. The van der Waals surface area contributed by atoms with E-state index in [1.807, 2.05) is 85.8 Å². The minimum atomic E-state index is -0.259. The maximum absolute atomic E-state index is 12.2. The molecule has 1 heterocycles. The van der Waals surface area contributed by atoms with E-state index in [2.05, 4.69) is 15.3 Å². The van der Waals surface area contributed by atoms with Crippen LogP contribution in [0.4, 0.5) is 11.5 Å². The van der Waals surface area contributed by atoms with Gasteiger partial charge in [0.05, 0.1) is 5.69 Å². The predicted molar refractivity (Wildman–Crippen MR) is 122 cm³/mol. The first-order chi connectivity index (χ1) is 15.2. The molecule has 0 amide bonds. The maximum atomic E-state index is 12.2. The standard InChI is InChI=1S/C26H23N3O2/c1-19-27-24(21-11-6-3-7-12-21)18-25(28-19)29-22-13-8-14-23(17-22)31-26(30)16-15-20-9-4-2-5-10-20/h2-14,17-18H,15-16H2,1H3,(H,27,28,29). The van der Waals surface area contributed by atoms with Gasteiger partial charge in [-0.05, 0) is 31.0 Å². The Morgan fingerprint density at radius 3 is 2.39 bits per heavy atom. The highest BCUT2D eigenvalue weighted by atomic mass is 16.5. The number of anilines is 2. The highest BCUT2D eigenvalue weighted by Crippen LogP contribution is 2.24. The van der Waals surface area contributed by atoms with Crippen LogP contribution >= 0.6 is 0 Å². The molecule has 1 N–H and O–H groups in total. The van der Waals surface area contributed by atoms with E-state index in [1.165, 1.54) is 0 Å². The smallest absolute Gasteiger partial charge is 0.311 e. The van der Waals surface area contributed by atoms with Crippen molar-refractivity contribution >= 4 is 17.5 Å². The van der Waals surface area contributed by atoms with E-state index in [4.69, 9.17) is 4.74 Å². The molecule has 0 aliphatic heterocycles. The van der Waals surface area contributed by atoms with Crippen LogP contribution in [0, 0.1) is 6.92 Å². The Kier molecular flexibility index (Phi) is 6.33. The number of benzene rings is 3. The number of nitrogens with one attached hydrogen (secondary N) is 1. The molecule has 4 rings (SSSR count). The molecule has 0 aliphatic carbocycles. The zero-order valence-corrected chi connectivity index (χ0v) is 17.3. The number of hydrogen-bond acceptors (Lipinski definition) is 5. The highest BCUT2D eigenvalue weighted by molar-refractivity contribution is 5.73. The first-order valence-corrected chi connectivity index (χ1v) is 10.2. The number of carbonyl (C=O) groups is 1. The molecule has 0 saturated carbocycles. The lowest BCUT2D eigenvalue weighted by atomic mass is 10.1. The van der Waals surface area contributed by atoms with Crippen molar-refractivity contribution < 1.29 is 9.53 Å². The van der Waals surface area contributed by atoms with E-state index in [9.17, 15) is 4.79 Å². The van der Waals surface area contributed by atoms with Gasteiger partial charge in [0, 0.05) is 29.8 Å². The fourth-order valence-corrected chi connectivity index (χ4v) is 3.25. The third-order valence-electron chi connectivity index (χ3n) is 4.71. The quantitative estimate of drug-likeness (QED) is 0.312. The number of hydrogen-bond donors (Lipinski definition) is 1. The molecule has 0 aliphatic rings. The lowest BCUT2D eigenvalue weighted by molar-refractivity contribution is -0.134. The normalized spacial score (nSPS) is 10.5. The third-order valence-corrected chi connectivity index (χ3v) is 4.71. The summed E-state index contributed by atoms with van der Waals surface area (Å²) in [5.41, 5.74) is 3.77. The summed E-state index contributed by atoms with van der Waals surface area (Å²) in [7, 11) is 0. The molecule has 0 radical (unpaired) electrons. The summed E-state index contributed by atoms with van der Waals surface area (Å²) in [5.74, 6) is 1.59. The molecule has 0 unspecified atom stereocenters. The van der Waals surface area contributed by atoms with Gasteiger partial charge in [-0.1, -0.05) is 66.7 Å².